The first kappa shape index (κ1) is 33.2. The smallest absolute Gasteiger partial charge is 0.390 e. The minimum atomic E-state index is -4.25. The van der Waals surface area contributed by atoms with Gasteiger partial charge in [-0.05, 0) is 82.7 Å². The number of thiophene rings is 1. The summed E-state index contributed by atoms with van der Waals surface area (Å²) in [5.74, 6) is 1.31. The largest absolute Gasteiger partial charge is 0.393 e. The lowest BCUT2D eigenvalue weighted by atomic mass is 9.93. The number of rotatable bonds is 9. The Morgan fingerprint density at radius 1 is 1.07 bits per heavy atom. The van der Waals surface area contributed by atoms with Crippen LogP contribution in [0.1, 0.15) is 74.0 Å². The van der Waals surface area contributed by atoms with Gasteiger partial charge in [0.1, 0.15) is 16.5 Å². The highest BCUT2D eigenvalue weighted by atomic mass is 32.1. The van der Waals surface area contributed by atoms with Crippen molar-refractivity contribution in [3.63, 3.8) is 0 Å². The number of halogens is 3. The van der Waals surface area contributed by atoms with Crippen LogP contribution in [0.5, 0.6) is 0 Å². The Bertz CT molecular complexity index is 1680. The van der Waals surface area contributed by atoms with E-state index in [0.717, 1.165) is 76.3 Å². The molecule has 2 fully saturated rings. The van der Waals surface area contributed by atoms with Crippen LogP contribution in [-0.4, -0.2) is 79.5 Å². The molecule has 0 bridgehead atoms. The van der Waals surface area contributed by atoms with Crippen LogP contribution in [0.4, 0.5) is 19.0 Å². The maximum absolute atomic E-state index is 13.1. The molecule has 250 valence electrons. The summed E-state index contributed by atoms with van der Waals surface area (Å²) in [4.78, 5) is 15.1. The molecule has 1 atom stereocenters. The van der Waals surface area contributed by atoms with Crippen molar-refractivity contribution in [1.82, 2.24) is 24.3 Å². The molecule has 0 aliphatic carbocycles. The van der Waals surface area contributed by atoms with Crippen LogP contribution < -0.4 is 5.32 Å². The molecule has 0 amide bonds. The highest BCUT2D eigenvalue weighted by Gasteiger charge is 2.31. The first-order valence-electron chi connectivity index (χ1n) is 16.7. The second-order valence-corrected chi connectivity index (χ2v) is 14.9. The minimum absolute atomic E-state index is 0.207. The predicted molar refractivity (Wildman–Crippen MR) is 181 cm³/mol. The van der Waals surface area contributed by atoms with E-state index in [1.54, 1.807) is 6.07 Å². The van der Waals surface area contributed by atoms with Crippen molar-refractivity contribution >= 4 is 38.3 Å². The van der Waals surface area contributed by atoms with Crippen LogP contribution in [0.15, 0.2) is 24.3 Å². The molecular weight excluding hydrogens is 609 g/mol. The zero-order valence-electron chi connectivity index (χ0n) is 27.7. The van der Waals surface area contributed by atoms with Gasteiger partial charge in [0.15, 0.2) is 0 Å². The van der Waals surface area contributed by atoms with Crippen LogP contribution in [0.3, 0.4) is 0 Å². The Morgan fingerprint density at radius 2 is 1.78 bits per heavy atom. The molecule has 0 radical (unpaired) electrons. The second-order valence-electron chi connectivity index (χ2n) is 13.8. The number of anilines is 1. The Labute approximate surface area is 273 Å². The van der Waals surface area contributed by atoms with Crippen molar-refractivity contribution in [1.29, 1.82) is 0 Å². The summed E-state index contributed by atoms with van der Waals surface area (Å²) in [5.41, 5.74) is 4.71. The third kappa shape index (κ3) is 7.37. The average molecular weight is 657 g/mol. The molecule has 2 N–H and O–H groups in total. The van der Waals surface area contributed by atoms with Crippen LogP contribution in [-0.2, 0) is 25.9 Å². The Kier molecular flexibility index (Phi) is 9.41. The fourth-order valence-corrected chi connectivity index (χ4v) is 8.21. The number of hydrogen-bond donors (Lipinski definition) is 2. The number of fused-ring (bicyclic) bond motifs is 2. The molecule has 5 heterocycles. The van der Waals surface area contributed by atoms with Crippen molar-refractivity contribution < 1.29 is 18.3 Å². The molecule has 11 heteroatoms. The molecule has 2 saturated heterocycles. The molecule has 2 aliphatic rings. The number of piperidine rings is 2. The van der Waals surface area contributed by atoms with Gasteiger partial charge in [-0.3, -0.25) is 9.80 Å². The number of aromatic nitrogens is 3. The topological polar surface area (TPSA) is 69.5 Å². The SMILES string of the molecule is CCc1nc(NC2CCN(Cc3ccc4c(cc(C)n4C[C@H](C)N4CCC(C)(O)CC4)c3C)CC2)c2cc(CC(F)(F)F)sc2n1. The summed E-state index contributed by atoms with van der Waals surface area (Å²) >= 11 is 1.11. The number of hydrogen-bond acceptors (Lipinski definition) is 7. The van der Waals surface area contributed by atoms with E-state index in [9.17, 15) is 18.3 Å². The summed E-state index contributed by atoms with van der Waals surface area (Å²) < 4.78 is 41.7. The van der Waals surface area contributed by atoms with Crippen LogP contribution in [0, 0.1) is 13.8 Å². The van der Waals surface area contributed by atoms with Gasteiger partial charge in [0.2, 0.25) is 0 Å². The van der Waals surface area contributed by atoms with E-state index in [2.05, 4.69) is 68.6 Å². The minimum Gasteiger partial charge on any atom is -0.390 e. The van der Waals surface area contributed by atoms with E-state index in [1.165, 1.54) is 27.7 Å². The van der Waals surface area contributed by atoms with Crippen LogP contribution in [0.2, 0.25) is 0 Å². The molecule has 1 aromatic carbocycles. The zero-order chi connectivity index (χ0) is 32.8. The first-order chi connectivity index (χ1) is 21.8. The van der Waals surface area contributed by atoms with Gasteiger partial charge in [-0.2, -0.15) is 13.2 Å². The fourth-order valence-electron chi connectivity index (χ4n) is 7.13. The van der Waals surface area contributed by atoms with Crippen molar-refractivity contribution in [2.45, 2.75) is 110 Å². The molecule has 3 aromatic heterocycles. The number of nitrogens with zero attached hydrogens (tertiary/aromatic N) is 5. The van der Waals surface area contributed by atoms with Gasteiger partial charge < -0.3 is 15.0 Å². The van der Waals surface area contributed by atoms with Crippen molar-refractivity contribution in [3.8, 4) is 0 Å². The lowest BCUT2D eigenvalue weighted by molar-refractivity contribution is -0.126. The first-order valence-corrected chi connectivity index (χ1v) is 17.5. The van der Waals surface area contributed by atoms with Gasteiger partial charge >= 0.3 is 6.18 Å². The van der Waals surface area contributed by atoms with E-state index in [0.29, 0.717) is 34.3 Å². The quantitative estimate of drug-likeness (QED) is 0.198. The Balaban J connectivity index is 1.09. The molecule has 0 saturated carbocycles. The van der Waals surface area contributed by atoms with Crippen molar-refractivity contribution in [3.05, 3.63) is 51.8 Å². The summed E-state index contributed by atoms with van der Waals surface area (Å²) in [7, 11) is 0. The maximum atomic E-state index is 13.1. The van der Waals surface area contributed by atoms with E-state index < -0.39 is 18.2 Å². The standard InChI is InChI=1S/C35H47F3N6OS/c1-6-31-40-32(29-18-27(19-35(36,37)38)46-33(29)41-31)39-26-9-13-42(14-10-26)21-25-7-8-30-28(24(25)4)17-22(2)44(30)20-23(3)43-15-11-34(5,45)12-16-43/h7-8,17-18,23,26,45H,6,9-16,19-21H2,1-5H3,(H,39,40,41)/t23-/m0/s1. The normalized spacial score (nSPS) is 19.3. The maximum Gasteiger partial charge on any atom is 0.393 e. The van der Waals surface area contributed by atoms with Gasteiger partial charge in [0, 0.05) is 79.2 Å². The van der Waals surface area contributed by atoms with E-state index >= 15 is 0 Å². The lowest BCUT2D eigenvalue weighted by Gasteiger charge is -2.39. The van der Waals surface area contributed by atoms with E-state index in [4.69, 9.17) is 0 Å². The van der Waals surface area contributed by atoms with Gasteiger partial charge in [-0.25, -0.2) is 9.97 Å². The van der Waals surface area contributed by atoms with E-state index in [-0.39, 0.29) is 10.9 Å². The van der Waals surface area contributed by atoms with E-state index in [1.807, 2.05) is 13.8 Å². The van der Waals surface area contributed by atoms with Crippen LogP contribution in [0.25, 0.3) is 21.1 Å². The Morgan fingerprint density at radius 3 is 2.46 bits per heavy atom. The molecule has 0 unspecified atom stereocenters. The highest BCUT2D eigenvalue weighted by molar-refractivity contribution is 7.18. The number of likely N-dealkylation sites (tertiary alicyclic amines) is 2. The number of nitrogens with one attached hydrogen (secondary N) is 1. The van der Waals surface area contributed by atoms with Gasteiger partial charge in [-0.15, -0.1) is 11.3 Å². The zero-order valence-corrected chi connectivity index (χ0v) is 28.5. The molecule has 46 heavy (non-hydrogen) atoms. The Hall–Kier alpha value is -2.73. The number of alkyl halides is 3. The highest BCUT2D eigenvalue weighted by Crippen LogP contribution is 2.34. The molecule has 6 rings (SSSR count). The average Bonchev–Trinajstić information content (AvgIpc) is 3.54. The summed E-state index contributed by atoms with van der Waals surface area (Å²) in [5, 5.41) is 16.0. The summed E-state index contributed by atoms with van der Waals surface area (Å²) in [6.07, 6.45) is -1.03. The summed E-state index contributed by atoms with van der Waals surface area (Å²) in [6, 6.07) is 9.12. The lowest BCUT2D eigenvalue weighted by Crippen LogP contribution is -2.47. The molecular formula is C35H47F3N6OS. The fraction of sp³-hybridized carbons (Fsp3) is 0.600. The molecule has 2 aliphatic heterocycles. The number of aryl methyl sites for hydroxylation is 3. The van der Waals surface area contributed by atoms with Gasteiger partial charge in [-0.1, -0.05) is 13.0 Å². The molecule has 0 spiro atoms. The monoisotopic (exact) mass is 656 g/mol. The third-order valence-corrected chi connectivity index (χ3v) is 11.2. The number of benzene rings is 1. The summed E-state index contributed by atoms with van der Waals surface area (Å²) in [6.45, 7) is 16.2. The number of aliphatic hydroxyl groups is 1. The van der Waals surface area contributed by atoms with Gasteiger partial charge in [0.05, 0.1) is 17.4 Å². The third-order valence-electron chi connectivity index (χ3n) is 10.1. The molecule has 7 nitrogen and oxygen atoms in total. The van der Waals surface area contributed by atoms with Gasteiger partial charge in [0.25, 0.3) is 0 Å². The molecule has 4 aromatic rings. The van der Waals surface area contributed by atoms with Crippen molar-refractivity contribution in [2.75, 3.05) is 31.5 Å². The van der Waals surface area contributed by atoms with Crippen LogP contribution >= 0.6 is 11.3 Å². The second kappa shape index (κ2) is 13.1. The predicted octanol–water partition coefficient (Wildman–Crippen LogP) is 7.24. The van der Waals surface area contributed by atoms with Crippen molar-refractivity contribution in [2.24, 2.45) is 0 Å².